The lowest BCUT2D eigenvalue weighted by molar-refractivity contribution is -0.133. The van der Waals surface area contributed by atoms with Gasteiger partial charge in [-0.25, -0.2) is 0 Å². The molecule has 2 aliphatic heterocycles. The number of nitrogens with two attached hydrogens (primary N) is 1. The standard InChI is InChI=1S/C27H31BrCl2N4O2/c28-20-10-19-2-1-18-11-21(29)12-22(30)25(18)26(27(19)32-13-20)17-4-7-34(8-5-17)24(36)9-16-3-6-33(14-16)15-23(31)35/h10-13,16-17,26H,1-9,14-15H2,(H2,31,35)/t16-,26+/m0/s1. The number of amides is 2. The smallest absolute Gasteiger partial charge is 0.231 e. The number of nitrogens with zero attached hydrogens (tertiary/aromatic N) is 3. The van der Waals surface area contributed by atoms with Gasteiger partial charge in [0.25, 0.3) is 0 Å². The van der Waals surface area contributed by atoms with Crippen molar-refractivity contribution in [3.63, 3.8) is 0 Å². The second-order valence-corrected chi connectivity index (χ2v) is 12.2. The number of carbonyl (C=O) groups excluding carboxylic acids is 2. The van der Waals surface area contributed by atoms with Crippen molar-refractivity contribution in [2.45, 2.75) is 44.4 Å². The Bertz CT molecular complexity index is 1170. The van der Waals surface area contributed by atoms with Crippen LogP contribution in [0.4, 0.5) is 0 Å². The lowest BCUT2D eigenvalue weighted by Crippen LogP contribution is -2.41. The normalized spacial score (nSPS) is 22.7. The third kappa shape index (κ3) is 5.59. The largest absolute Gasteiger partial charge is 0.369 e. The molecule has 6 nitrogen and oxygen atoms in total. The van der Waals surface area contributed by atoms with Crippen LogP contribution in [0.3, 0.4) is 0 Å². The number of aryl methyl sites for hydroxylation is 2. The van der Waals surface area contributed by atoms with Crippen molar-refractivity contribution in [1.82, 2.24) is 14.8 Å². The Hall–Kier alpha value is -1.67. The minimum Gasteiger partial charge on any atom is -0.369 e. The Kier molecular flexibility index (Phi) is 7.92. The zero-order chi connectivity index (χ0) is 25.4. The van der Waals surface area contributed by atoms with Crippen LogP contribution in [0.15, 0.2) is 28.9 Å². The van der Waals surface area contributed by atoms with E-state index < -0.39 is 0 Å². The summed E-state index contributed by atoms with van der Waals surface area (Å²) in [6, 6.07) is 6.08. The second kappa shape index (κ2) is 11.0. The molecule has 2 aromatic rings. The van der Waals surface area contributed by atoms with Gasteiger partial charge in [0.15, 0.2) is 0 Å². The number of hydrogen-bond donors (Lipinski definition) is 1. The average Bonchev–Trinajstić information content (AvgIpc) is 3.18. The van der Waals surface area contributed by atoms with Crippen LogP contribution in [0.25, 0.3) is 0 Å². The van der Waals surface area contributed by atoms with Gasteiger partial charge >= 0.3 is 0 Å². The van der Waals surface area contributed by atoms with Crippen molar-refractivity contribution in [3.05, 3.63) is 61.3 Å². The molecule has 2 fully saturated rings. The number of benzene rings is 1. The molecule has 2 saturated heterocycles. The molecule has 192 valence electrons. The van der Waals surface area contributed by atoms with E-state index >= 15 is 0 Å². The van der Waals surface area contributed by atoms with Crippen molar-refractivity contribution in [2.75, 3.05) is 32.7 Å². The van der Waals surface area contributed by atoms with Crippen LogP contribution in [0.5, 0.6) is 0 Å². The molecule has 36 heavy (non-hydrogen) atoms. The zero-order valence-electron chi connectivity index (χ0n) is 20.2. The number of rotatable bonds is 5. The van der Waals surface area contributed by atoms with Crippen molar-refractivity contribution < 1.29 is 9.59 Å². The molecule has 9 heteroatoms. The van der Waals surface area contributed by atoms with Crippen LogP contribution in [0.1, 0.15) is 54.0 Å². The number of primary amides is 1. The maximum atomic E-state index is 13.1. The van der Waals surface area contributed by atoms with Crippen molar-refractivity contribution in [3.8, 4) is 0 Å². The van der Waals surface area contributed by atoms with E-state index in [1.165, 1.54) is 11.1 Å². The highest BCUT2D eigenvalue weighted by Gasteiger charge is 2.37. The summed E-state index contributed by atoms with van der Waals surface area (Å²) in [7, 11) is 0. The Morgan fingerprint density at radius 2 is 1.81 bits per heavy atom. The lowest BCUT2D eigenvalue weighted by atomic mass is 9.76. The predicted octanol–water partition coefficient (Wildman–Crippen LogP) is 4.82. The first-order chi connectivity index (χ1) is 17.3. The van der Waals surface area contributed by atoms with Crippen LogP contribution < -0.4 is 5.73 Å². The third-order valence-electron chi connectivity index (χ3n) is 7.99. The predicted molar refractivity (Wildman–Crippen MR) is 145 cm³/mol. The van der Waals surface area contributed by atoms with E-state index in [9.17, 15) is 9.59 Å². The molecule has 0 saturated carbocycles. The van der Waals surface area contributed by atoms with E-state index in [4.69, 9.17) is 33.9 Å². The third-order valence-corrected chi connectivity index (χ3v) is 8.96. The molecule has 2 atom stereocenters. The van der Waals surface area contributed by atoms with Gasteiger partial charge in [0, 0.05) is 52.7 Å². The fraction of sp³-hybridized carbons (Fsp3) is 0.519. The minimum atomic E-state index is -0.310. The number of carbonyl (C=O) groups is 2. The van der Waals surface area contributed by atoms with Gasteiger partial charge in [0.05, 0.1) is 12.2 Å². The molecular formula is C27H31BrCl2N4O2. The maximum absolute atomic E-state index is 13.1. The number of hydrogen-bond acceptors (Lipinski definition) is 4. The number of pyridine rings is 1. The molecule has 2 amide bonds. The molecule has 3 heterocycles. The first-order valence-electron chi connectivity index (χ1n) is 12.7. The first kappa shape index (κ1) is 26.0. The van der Waals surface area contributed by atoms with Gasteiger partial charge in [-0.15, -0.1) is 0 Å². The van der Waals surface area contributed by atoms with Crippen molar-refractivity contribution in [2.24, 2.45) is 17.6 Å². The molecule has 5 rings (SSSR count). The van der Waals surface area contributed by atoms with Crippen LogP contribution in [0, 0.1) is 11.8 Å². The highest BCUT2D eigenvalue weighted by Crippen LogP contribution is 2.46. The Labute approximate surface area is 230 Å². The topological polar surface area (TPSA) is 79.5 Å². The highest BCUT2D eigenvalue weighted by molar-refractivity contribution is 9.10. The van der Waals surface area contributed by atoms with Gasteiger partial charge in [0.2, 0.25) is 11.8 Å². The number of piperidine rings is 1. The second-order valence-electron chi connectivity index (χ2n) is 10.4. The lowest BCUT2D eigenvalue weighted by Gasteiger charge is -2.37. The molecule has 0 bridgehead atoms. The van der Waals surface area contributed by atoms with Crippen molar-refractivity contribution >= 4 is 50.9 Å². The summed E-state index contributed by atoms with van der Waals surface area (Å²) >= 11 is 16.8. The quantitative estimate of drug-likeness (QED) is 0.539. The molecule has 3 aliphatic rings. The average molecular weight is 594 g/mol. The van der Waals surface area contributed by atoms with Gasteiger partial charge in [0.1, 0.15) is 0 Å². The van der Waals surface area contributed by atoms with Crippen LogP contribution in [-0.2, 0) is 22.4 Å². The van der Waals surface area contributed by atoms with Crippen molar-refractivity contribution in [1.29, 1.82) is 0 Å². The summed E-state index contributed by atoms with van der Waals surface area (Å²) in [4.78, 5) is 33.3. The zero-order valence-corrected chi connectivity index (χ0v) is 23.3. The van der Waals surface area contributed by atoms with E-state index in [1.54, 1.807) is 0 Å². The maximum Gasteiger partial charge on any atom is 0.231 e. The van der Waals surface area contributed by atoms with E-state index in [2.05, 4.69) is 33.0 Å². The first-order valence-corrected chi connectivity index (χ1v) is 14.2. The molecule has 0 spiro atoms. The summed E-state index contributed by atoms with van der Waals surface area (Å²) in [5.74, 6) is 0.628. The molecule has 2 N–H and O–H groups in total. The van der Waals surface area contributed by atoms with E-state index in [0.29, 0.717) is 28.3 Å². The Balaban J connectivity index is 1.31. The number of aromatic nitrogens is 1. The van der Waals surface area contributed by atoms with Gasteiger partial charge in [-0.3, -0.25) is 19.5 Å². The van der Waals surface area contributed by atoms with Crippen LogP contribution >= 0.6 is 39.1 Å². The minimum absolute atomic E-state index is 0.0878. The molecule has 0 unspecified atom stereocenters. The van der Waals surface area contributed by atoms with E-state index in [-0.39, 0.29) is 24.3 Å². The number of fused-ring (bicyclic) bond motifs is 2. The summed E-state index contributed by atoms with van der Waals surface area (Å²) in [6.07, 6.45) is 6.94. The number of likely N-dealkylation sites (tertiary alicyclic amines) is 2. The molecule has 0 radical (unpaired) electrons. The highest BCUT2D eigenvalue weighted by atomic mass is 79.9. The SMILES string of the molecule is NC(=O)CN1CC[C@@H](CC(=O)N2CCC([C@H]3c4ncc(Br)cc4CCc4cc(Cl)cc(Cl)c43)CC2)C1. The Morgan fingerprint density at radius 3 is 2.56 bits per heavy atom. The molecular weight excluding hydrogens is 563 g/mol. The van der Waals surface area contributed by atoms with Gasteiger partial charge < -0.3 is 10.6 Å². The van der Waals surface area contributed by atoms with E-state index in [0.717, 1.165) is 74.0 Å². The van der Waals surface area contributed by atoms with Gasteiger partial charge in [-0.2, -0.15) is 0 Å². The summed E-state index contributed by atoms with van der Waals surface area (Å²) in [6.45, 7) is 3.35. The van der Waals surface area contributed by atoms with Crippen LogP contribution in [-0.4, -0.2) is 59.3 Å². The van der Waals surface area contributed by atoms with E-state index in [1.807, 2.05) is 17.2 Å². The summed E-state index contributed by atoms with van der Waals surface area (Å²) in [5.41, 5.74) is 10.0. The molecule has 1 aromatic carbocycles. The molecule has 1 aromatic heterocycles. The van der Waals surface area contributed by atoms with Gasteiger partial charge in [-0.05, 0) is 101 Å². The summed E-state index contributed by atoms with van der Waals surface area (Å²) in [5, 5.41) is 1.37. The fourth-order valence-electron chi connectivity index (χ4n) is 6.33. The monoisotopic (exact) mass is 592 g/mol. The number of halogens is 3. The van der Waals surface area contributed by atoms with Gasteiger partial charge in [-0.1, -0.05) is 23.2 Å². The fourth-order valence-corrected chi connectivity index (χ4v) is 7.36. The Morgan fingerprint density at radius 1 is 1.06 bits per heavy atom. The molecule has 1 aliphatic carbocycles. The van der Waals surface area contributed by atoms with Crippen LogP contribution in [0.2, 0.25) is 10.0 Å². The summed E-state index contributed by atoms with van der Waals surface area (Å²) < 4.78 is 0.983.